The molecular formula is C11H14N2O4. The third-order valence-electron chi connectivity index (χ3n) is 3.53. The van der Waals surface area contributed by atoms with E-state index in [1.807, 2.05) is 0 Å². The van der Waals surface area contributed by atoms with Crippen molar-refractivity contribution in [2.75, 3.05) is 13.2 Å². The molecule has 0 radical (unpaired) electrons. The molecule has 1 fully saturated rings. The number of nitrogens with zero attached hydrogens (tertiary/aromatic N) is 2. The Kier molecular flexibility index (Phi) is 2.24. The lowest BCUT2D eigenvalue weighted by atomic mass is 9.69. The Morgan fingerprint density at radius 3 is 3.12 bits per heavy atom. The zero-order chi connectivity index (χ0) is 11.9. The highest BCUT2D eigenvalue weighted by Crippen LogP contribution is 2.47. The maximum absolute atomic E-state index is 10.4. The topological polar surface area (TPSA) is 73.6 Å². The van der Waals surface area contributed by atoms with Gasteiger partial charge in [-0.15, -0.1) is 0 Å². The Balaban J connectivity index is 1.75. The number of carboxylic acids is 1. The van der Waals surface area contributed by atoms with E-state index in [1.54, 1.807) is 4.68 Å². The Bertz CT molecular complexity index is 450. The Labute approximate surface area is 98.1 Å². The minimum Gasteiger partial charge on any atom is -0.479 e. The minimum atomic E-state index is -1.00. The number of carbonyl (C=O) groups is 1. The van der Waals surface area contributed by atoms with Gasteiger partial charge in [0.15, 0.2) is 6.61 Å². The molecule has 92 valence electrons. The van der Waals surface area contributed by atoms with E-state index in [2.05, 4.69) is 5.10 Å². The average Bonchev–Trinajstić information content (AvgIpc) is 2.66. The van der Waals surface area contributed by atoms with E-state index in [4.69, 9.17) is 14.6 Å². The number of carboxylic acid groups (broad SMARTS) is 1. The van der Waals surface area contributed by atoms with Gasteiger partial charge in [-0.25, -0.2) is 9.48 Å². The van der Waals surface area contributed by atoms with E-state index in [1.165, 1.54) is 25.5 Å². The predicted octanol–water partition coefficient (Wildman–Crippen LogP) is 0.909. The first-order chi connectivity index (χ1) is 8.19. The van der Waals surface area contributed by atoms with Gasteiger partial charge in [0.1, 0.15) is 0 Å². The van der Waals surface area contributed by atoms with Crippen LogP contribution in [-0.4, -0.2) is 34.1 Å². The van der Waals surface area contributed by atoms with Crippen LogP contribution >= 0.6 is 0 Å². The minimum absolute atomic E-state index is 0.253. The van der Waals surface area contributed by atoms with Crippen molar-refractivity contribution in [3.63, 3.8) is 0 Å². The highest BCUT2D eigenvalue weighted by molar-refractivity contribution is 5.68. The van der Waals surface area contributed by atoms with Gasteiger partial charge >= 0.3 is 5.97 Å². The molecule has 1 saturated carbocycles. The van der Waals surface area contributed by atoms with E-state index < -0.39 is 5.97 Å². The van der Waals surface area contributed by atoms with E-state index in [-0.39, 0.29) is 12.0 Å². The van der Waals surface area contributed by atoms with Gasteiger partial charge in [-0.2, -0.15) is 5.10 Å². The van der Waals surface area contributed by atoms with Gasteiger partial charge in [-0.3, -0.25) is 0 Å². The van der Waals surface area contributed by atoms with Crippen LogP contribution in [0.25, 0.3) is 0 Å². The molecule has 3 rings (SSSR count). The lowest BCUT2D eigenvalue weighted by Gasteiger charge is -2.44. The highest BCUT2D eigenvalue weighted by atomic mass is 16.5. The second kappa shape index (κ2) is 3.65. The van der Waals surface area contributed by atoms with E-state index in [0.717, 1.165) is 6.54 Å². The van der Waals surface area contributed by atoms with Crippen LogP contribution in [0.5, 0.6) is 11.6 Å². The zero-order valence-corrected chi connectivity index (χ0v) is 9.39. The molecule has 1 N–H and O–H groups in total. The van der Waals surface area contributed by atoms with Crippen molar-refractivity contribution in [2.24, 2.45) is 5.41 Å². The normalized spacial score (nSPS) is 20.2. The second-order valence-electron chi connectivity index (χ2n) is 4.80. The number of aromatic nitrogens is 2. The molecule has 1 aromatic heterocycles. The summed E-state index contributed by atoms with van der Waals surface area (Å²) in [5, 5.41) is 12.7. The first kappa shape index (κ1) is 10.4. The van der Waals surface area contributed by atoms with Crippen molar-refractivity contribution < 1.29 is 19.4 Å². The van der Waals surface area contributed by atoms with Crippen LogP contribution in [0.4, 0.5) is 0 Å². The molecule has 0 saturated heterocycles. The third kappa shape index (κ3) is 1.73. The van der Waals surface area contributed by atoms with E-state index in [0.29, 0.717) is 18.2 Å². The Morgan fingerprint density at radius 2 is 2.47 bits per heavy atom. The molecule has 1 aromatic rings. The van der Waals surface area contributed by atoms with Gasteiger partial charge in [-0.05, 0) is 12.8 Å². The van der Waals surface area contributed by atoms with Gasteiger partial charge in [-0.1, -0.05) is 6.42 Å². The standard InChI is InChI=1S/C11H14N2O4/c14-9(15)5-16-8-4-12-13-6-11(2-1-3-11)7-17-10(8)13/h4H,1-3,5-7H2,(H,14,15). The Hall–Kier alpha value is -1.72. The molecule has 2 aliphatic rings. The molecule has 0 bridgehead atoms. The molecule has 0 atom stereocenters. The molecule has 1 aliphatic heterocycles. The van der Waals surface area contributed by atoms with Gasteiger partial charge in [0.05, 0.1) is 19.3 Å². The third-order valence-corrected chi connectivity index (χ3v) is 3.53. The largest absolute Gasteiger partial charge is 0.479 e. The second-order valence-corrected chi connectivity index (χ2v) is 4.80. The number of hydrogen-bond donors (Lipinski definition) is 1. The summed E-state index contributed by atoms with van der Waals surface area (Å²) in [5.41, 5.74) is 0.253. The highest BCUT2D eigenvalue weighted by Gasteiger charge is 2.42. The van der Waals surface area contributed by atoms with Crippen molar-refractivity contribution in [2.45, 2.75) is 25.8 Å². The first-order valence-electron chi connectivity index (χ1n) is 5.72. The molecule has 6 nitrogen and oxygen atoms in total. The van der Waals surface area contributed by atoms with Crippen LogP contribution in [0, 0.1) is 5.41 Å². The predicted molar refractivity (Wildman–Crippen MR) is 57.1 cm³/mol. The van der Waals surface area contributed by atoms with Crippen molar-refractivity contribution in [3.8, 4) is 11.6 Å². The molecule has 1 aliphatic carbocycles. The summed E-state index contributed by atoms with van der Waals surface area (Å²) in [6, 6.07) is 0. The van der Waals surface area contributed by atoms with Crippen LogP contribution in [-0.2, 0) is 11.3 Å². The summed E-state index contributed by atoms with van der Waals surface area (Å²) in [7, 11) is 0. The molecule has 2 heterocycles. The monoisotopic (exact) mass is 238 g/mol. The number of ether oxygens (including phenoxy) is 2. The summed E-state index contributed by atoms with van der Waals surface area (Å²) in [6.07, 6.45) is 5.13. The van der Waals surface area contributed by atoms with Gasteiger partial charge < -0.3 is 14.6 Å². The first-order valence-corrected chi connectivity index (χ1v) is 5.72. The molecular weight excluding hydrogens is 224 g/mol. The molecule has 0 unspecified atom stereocenters. The summed E-state index contributed by atoms with van der Waals surface area (Å²) < 4.78 is 12.6. The van der Waals surface area contributed by atoms with Crippen LogP contribution in [0.1, 0.15) is 19.3 Å². The van der Waals surface area contributed by atoms with Gasteiger partial charge in [0.2, 0.25) is 5.75 Å². The zero-order valence-electron chi connectivity index (χ0n) is 9.39. The maximum Gasteiger partial charge on any atom is 0.341 e. The molecule has 6 heteroatoms. The summed E-state index contributed by atoms with van der Waals surface area (Å²) >= 11 is 0. The lowest BCUT2D eigenvalue weighted by Crippen LogP contribution is -2.43. The number of rotatable bonds is 3. The van der Waals surface area contributed by atoms with Crippen molar-refractivity contribution in [3.05, 3.63) is 6.20 Å². The van der Waals surface area contributed by atoms with Crippen molar-refractivity contribution >= 4 is 5.97 Å². The SMILES string of the molecule is O=C(O)COc1cnn2c1OCC1(CCC1)C2. The smallest absolute Gasteiger partial charge is 0.341 e. The molecule has 1 spiro atoms. The van der Waals surface area contributed by atoms with Crippen LogP contribution in [0.15, 0.2) is 6.20 Å². The quantitative estimate of drug-likeness (QED) is 0.847. The fourth-order valence-corrected chi connectivity index (χ4v) is 2.42. The fourth-order valence-electron chi connectivity index (χ4n) is 2.42. The van der Waals surface area contributed by atoms with Crippen LogP contribution in [0.3, 0.4) is 0 Å². The lowest BCUT2D eigenvalue weighted by molar-refractivity contribution is -0.139. The van der Waals surface area contributed by atoms with Crippen LogP contribution < -0.4 is 9.47 Å². The molecule has 17 heavy (non-hydrogen) atoms. The summed E-state index contributed by atoms with van der Waals surface area (Å²) in [6.45, 7) is 1.16. The van der Waals surface area contributed by atoms with Gasteiger partial charge in [0.25, 0.3) is 5.88 Å². The van der Waals surface area contributed by atoms with Crippen molar-refractivity contribution in [1.82, 2.24) is 9.78 Å². The fraction of sp³-hybridized carbons (Fsp3) is 0.636. The summed E-state index contributed by atoms with van der Waals surface area (Å²) in [5.74, 6) is -0.0263. The average molecular weight is 238 g/mol. The number of aliphatic carboxylic acids is 1. The van der Waals surface area contributed by atoms with E-state index >= 15 is 0 Å². The molecule has 0 amide bonds. The number of fused-ring (bicyclic) bond motifs is 1. The summed E-state index contributed by atoms with van der Waals surface area (Å²) in [4.78, 5) is 10.4. The van der Waals surface area contributed by atoms with Crippen LogP contribution in [0.2, 0.25) is 0 Å². The number of hydrogen-bond acceptors (Lipinski definition) is 4. The maximum atomic E-state index is 10.4. The van der Waals surface area contributed by atoms with E-state index in [9.17, 15) is 4.79 Å². The van der Waals surface area contributed by atoms with Crippen molar-refractivity contribution in [1.29, 1.82) is 0 Å². The van der Waals surface area contributed by atoms with Gasteiger partial charge in [0, 0.05) is 5.41 Å². The molecule has 0 aromatic carbocycles. The Morgan fingerprint density at radius 1 is 1.65 bits per heavy atom.